The van der Waals surface area contributed by atoms with Gasteiger partial charge in [0, 0.05) is 50.0 Å². The van der Waals surface area contributed by atoms with Gasteiger partial charge in [0.05, 0.1) is 6.42 Å². The Bertz CT molecular complexity index is 1350. The lowest BCUT2D eigenvalue weighted by molar-refractivity contribution is -0.115. The minimum Gasteiger partial charge on any atom is -0.421 e. The normalized spacial score (nSPS) is 14.1. The first kappa shape index (κ1) is 23.8. The van der Waals surface area contributed by atoms with Crippen molar-refractivity contribution in [2.24, 2.45) is 0 Å². The van der Waals surface area contributed by atoms with Crippen molar-refractivity contribution in [3.63, 3.8) is 0 Å². The maximum Gasteiger partial charge on any atom is 0.247 e. The van der Waals surface area contributed by atoms with Crippen LogP contribution in [0.25, 0.3) is 22.6 Å². The third kappa shape index (κ3) is 5.47. The number of amides is 1. The molecule has 1 saturated heterocycles. The molecule has 184 valence electrons. The van der Waals surface area contributed by atoms with Crippen molar-refractivity contribution in [3.05, 3.63) is 83.7 Å². The minimum atomic E-state index is -0.0248. The number of aryl methyl sites for hydroxylation is 2. The van der Waals surface area contributed by atoms with Crippen LogP contribution in [0.3, 0.4) is 0 Å². The summed E-state index contributed by atoms with van der Waals surface area (Å²) in [4.78, 5) is 17.5. The highest BCUT2D eigenvalue weighted by Gasteiger charge is 2.15. The molecular weight excluding hydrogens is 450 g/mol. The fraction of sp³-hybridized carbons (Fsp3) is 0.276. The van der Waals surface area contributed by atoms with E-state index in [2.05, 4.69) is 75.7 Å². The van der Waals surface area contributed by atoms with Crippen molar-refractivity contribution in [3.8, 4) is 22.6 Å². The van der Waals surface area contributed by atoms with Crippen molar-refractivity contribution in [2.75, 3.05) is 43.4 Å². The molecule has 0 aliphatic carbocycles. The van der Waals surface area contributed by atoms with Crippen LogP contribution in [0.2, 0.25) is 0 Å². The Morgan fingerprint density at radius 3 is 2.39 bits per heavy atom. The lowest BCUT2D eigenvalue weighted by atomic mass is 9.96. The van der Waals surface area contributed by atoms with E-state index in [0.717, 1.165) is 65.4 Å². The topological polar surface area (TPSA) is 74.5 Å². The molecule has 0 atom stereocenters. The fourth-order valence-corrected chi connectivity index (χ4v) is 4.52. The van der Waals surface area contributed by atoms with E-state index in [1.54, 1.807) is 6.92 Å². The van der Waals surface area contributed by atoms with Crippen LogP contribution in [0.4, 0.5) is 11.4 Å². The summed E-state index contributed by atoms with van der Waals surface area (Å²) in [5.74, 6) is 1.03. The van der Waals surface area contributed by atoms with Gasteiger partial charge in [-0.25, -0.2) is 0 Å². The number of aromatic nitrogens is 2. The summed E-state index contributed by atoms with van der Waals surface area (Å²) >= 11 is 0. The predicted molar refractivity (Wildman–Crippen MR) is 143 cm³/mol. The molecule has 7 heteroatoms. The zero-order valence-corrected chi connectivity index (χ0v) is 21.0. The van der Waals surface area contributed by atoms with Gasteiger partial charge >= 0.3 is 0 Å². The van der Waals surface area contributed by atoms with Gasteiger partial charge in [0.25, 0.3) is 0 Å². The Kier molecular flexibility index (Phi) is 6.82. The summed E-state index contributed by atoms with van der Waals surface area (Å²) in [6.07, 6.45) is 0.319. The van der Waals surface area contributed by atoms with Crippen LogP contribution in [0.1, 0.15) is 17.0 Å². The first-order chi connectivity index (χ1) is 17.4. The summed E-state index contributed by atoms with van der Waals surface area (Å²) in [6, 6.07) is 22.4. The molecule has 1 aromatic heterocycles. The summed E-state index contributed by atoms with van der Waals surface area (Å²) in [5, 5.41) is 11.1. The Balaban J connectivity index is 1.24. The molecule has 0 radical (unpaired) electrons. The standard InChI is InChI=1S/C29H31N5O2/c1-20-7-10-24(29-32-31-21(2)36-29)18-27(20)23-11-8-22(9-12-23)17-28(35)30-25-5-4-6-26(19-25)34-15-13-33(3)14-16-34/h4-12,18-19H,13-17H2,1-3H3,(H,30,35). The fourth-order valence-electron chi connectivity index (χ4n) is 4.52. The minimum absolute atomic E-state index is 0.0248. The third-order valence-corrected chi connectivity index (χ3v) is 6.64. The van der Waals surface area contributed by atoms with E-state index in [-0.39, 0.29) is 5.91 Å². The van der Waals surface area contributed by atoms with E-state index in [1.165, 1.54) is 0 Å². The highest BCUT2D eigenvalue weighted by molar-refractivity contribution is 5.92. The molecule has 1 N–H and O–H groups in total. The molecule has 5 rings (SSSR count). The lowest BCUT2D eigenvalue weighted by Crippen LogP contribution is -2.44. The van der Waals surface area contributed by atoms with Crippen LogP contribution >= 0.6 is 0 Å². The van der Waals surface area contributed by atoms with Gasteiger partial charge in [-0.05, 0) is 66.6 Å². The molecule has 2 heterocycles. The molecule has 1 amide bonds. The Morgan fingerprint density at radius 2 is 1.67 bits per heavy atom. The van der Waals surface area contributed by atoms with E-state index in [1.807, 2.05) is 30.3 Å². The van der Waals surface area contributed by atoms with Crippen molar-refractivity contribution >= 4 is 17.3 Å². The van der Waals surface area contributed by atoms with E-state index >= 15 is 0 Å². The zero-order valence-electron chi connectivity index (χ0n) is 21.0. The third-order valence-electron chi connectivity index (χ3n) is 6.64. The number of piperazine rings is 1. The second-order valence-electron chi connectivity index (χ2n) is 9.42. The first-order valence-corrected chi connectivity index (χ1v) is 12.3. The number of nitrogens with zero attached hydrogens (tertiary/aromatic N) is 4. The van der Waals surface area contributed by atoms with Gasteiger partial charge in [-0.3, -0.25) is 4.79 Å². The second-order valence-corrected chi connectivity index (χ2v) is 9.42. The number of hydrogen-bond donors (Lipinski definition) is 1. The average molecular weight is 482 g/mol. The predicted octanol–water partition coefficient (Wildman–Crippen LogP) is 4.95. The number of anilines is 2. The van der Waals surface area contributed by atoms with Gasteiger partial charge in [-0.1, -0.05) is 36.4 Å². The van der Waals surface area contributed by atoms with Crippen molar-refractivity contribution < 1.29 is 9.21 Å². The van der Waals surface area contributed by atoms with Crippen molar-refractivity contribution in [2.45, 2.75) is 20.3 Å². The molecule has 1 fully saturated rings. The number of hydrogen-bond acceptors (Lipinski definition) is 6. The van der Waals surface area contributed by atoms with Gasteiger partial charge in [0.2, 0.25) is 17.7 Å². The number of nitrogens with one attached hydrogen (secondary N) is 1. The Hall–Kier alpha value is -3.97. The molecule has 7 nitrogen and oxygen atoms in total. The first-order valence-electron chi connectivity index (χ1n) is 12.3. The van der Waals surface area contributed by atoms with E-state index in [9.17, 15) is 4.79 Å². The van der Waals surface area contributed by atoms with E-state index < -0.39 is 0 Å². The number of carbonyl (C=O) groups excluding carboxylic acids is 1. The van der Waals surface area contributed by atoms with Gasteiger partial charge in [0.15, 0.2) is 0 Å². The summed E-state index contributed by atoms with van der Waals surface area (Å²) < 4.78 is 5.59. The van der Waals surface area contributed by atoms with Gasteiger partial charge < -0.3 is 19.5 Å². The highest BCUT2D eigenvalue weighted by atomic mass is 16.4. The van der Waals surface area contributed by atoms with Crippen molar-refractivity contribution in [1.82, 2.24) is 15.1 Å². The zero-order chi connectivity index (χ0) is 25.1. The summed E-state index contributed by atoms with van der Waals surface area (Å²) in [6.45, 7) is 7.95. The summed E-state index contributed by atoms with van der Waals surface area (Å²) in [5.41, 5.74) is 7.16. The van der Waals surface area contributed by atoms with E-state index in [4.69, 9.17) is 4.42 Å². The molecular formula is C29H31N5O2. The lowest BCUT2D eigenvalue weighted by Gasteiger charge is -2.34. The molecule has 4 aromatic rings. The Labute approximate surface area is 211 Å². The largest absolute Gasteiger partial charge is 0.421 e. The van der Waals surface area contributed by atoms with Crippen LogP contribution in [-0.2, 0) is 11.2 Å². The number of carbonyl (C=O) groups is 1. The quantitative estimate of drug-likeness (QED) is 0.420. The average Bonchev–Trinajstić information content (AvgIpc) is 3.32. The smallest absolute Gasteiger partial charge is 0.247 e. The van der Waals surface area contributed by atoms with Crippen molar-refractivity contribution in [1.29, 1.82) is 0 Å². The monoisotopic (exact) mass is 481 g/mol. The molecule has 36 heavy (non-hydrogen) atoms. The molecule has 0 unspecified atom stereocenters. The molecule has 1 aliphatic heterocycles. The molecule has 1 aliphatic rings. The second kappa shape index (κ2) is 10.3. The van der Waals surface area contributed by atoms with Gasteiger partial charge in [-0.2, -0.15) is 0 Å². The maximum atomic E-state index is 12.8. The maximum absolute atomic E-state index is 12.8. The Morgan fingerprint density at radius 1 is 0.917 bits per heavy atom. The van der Waals surface area contributed by atoms with Crippen LogP contribution in [-0.4, -0.2) is 54.2 Å². The van der Waals surface area contributed by atoms with Crippen LogP contribution in [0.5, 0.6) is 0 Å². The molecule has 0 spiro atoms. The van der Waals surface area contributed by atoms with E-state index in [0.29, 0.717) is 18.2 Å². The van der Waals surface area contributed by atoms with Crippen LogP contribution in [0, 0.1) is 13.8 Å². The molecule has 0 saturated carbocycles. The van der Waals surface area contributed by atoms with Crippen LogP contribution in [0.15, 0.2) is 71.1 Å². The van der Waals surface area contributed by atoms with Gasteiger partial charge in [0.1, 0.15) is 0 Å². The number of rotatable bonds is 6. The SMILES string of the molecule is Cc1nnc(-c2ccc(C)c(-c3ccc(CC(=O)Nc4cccc(N5CCN(C)CC5)c4)cc3)c2)o1. The highest BCUT2D eigenvalue weighted by Crippen LogP contribution is 2.29. The number of likely N-dealkylation sites (N-methyl/N-ethyl adjacent to an activating group) is 1. The summed E-state index contributed by atoms with van der Waals surface area (Å²) in [7, 11) is 2.15. The molecule has 3 aromatic carbocycles. The number of benzene rings is 3. The van der Waals surface area contributed by atoms with Gasteiger partial charge in [-0.15, -0.1) is 10.2 Å². The van der Waals surface area contributed by atoms with Crippen LogP contribution < -0.4 is 10.2 Å². The molecule has 0 bridgehead atoms.